The minimum atomic E-state index is -4.82. The molecule has 224 valence electrons. The van der Waals surface area contributed by atoms with Crippen LogP contribution in [0.5, 0.6) is 5.75 Å². The van der Waals surface area contributed by atoms with Crippen molar-refractivity contribution in [3.8, 4) is 16.9 Å². The van der Waals surface area contributed by atoms with E-state index < -0.39 is 47.2 Å². The van der Waals surface area contributed by atoms with Crippen molar-refractivity contribution in [2.75, 3.05) is 0 Å². The minimum Gasteiger partial charge on any atom is -0.406 e. The first-order chi connectivity index (χ1) is 20.8. The number of fused-ring (bicyclic) bond motifs is 2. The number of aromatic nitrogens is 4. The fourth-order valence-electron chi connectivity index (χ4n) is 5.13. The third kappa shape index (κ3) is 5.41. The molecule has 6 rings (SSSR count). The van der Waals surface area contributed by atoms with Gasteiger partial charge in [-0.1, -0.05) is 36.4 Å². The first kappa shape index (κ1) is 29.1. The van der Waals surface area contributed by atoms with E-state index in [0.29, 0.717) is 33.4 Å². The third-order valence-corrected chi connectivity index (χ3v) is 7.26. The van der Waals surface area contributed by atoms with Crippen LogP contribution in [-0.2, 0) is 18.1 Å². The molecule has 0 fully saturated rings. The van der Waals surface area contributed by atoms with Gasteiger partial charge in [-0.15, -0.1) is 18.3 Å². The lowest BCUT2D eigenvalue weighted by Gasteiger charge is -2.36. The molecule has 0 radical (unpaired) electrons. The molecule has 44 heavy (non-hydrogen) atoms. The fourth-order valence-corrected chi connectivity index (χ4v) is 5.13. The summed E-state index contributed by atoms with van der Waals surface area (Å²) in [6.45, 7) is -0.957. The van der Waals surface area contributed by atoms with Crippen LogP contribution in [0, 0.1) is 11.6 Å². The number of benzene rings is 5. The summed E-state index contributed by atoms with van der Waals surface area (Å²) in [7, 11) is 0. The van der Waals surface area contributed by atoms with E-state index in [9.17, 15) is 27.1 Å². The average Bonchev–Trinajstić information content (AvgIpc) is 3.47. The number of tetrazole rings is 1. The van der Waals surface area contributed by atoms with Gasteiger partial charge >= 0.3 is 12.3 Å². The topological polar surface area (TPSA) is 73.1 Å². The van der Waals surface area contributed by atoms with Gasteiger partial charge in [0.15, 0.2) is 5.60 Å². The van der Waals surface area contributed by atoms with Gasteiger partial charge < -0.3 is 9.84 Å². The Morgan fingerprint density at radius 2 is 1.36 bits per heavy atom. The van der Waals surface area contributed by atoms with Crippen molar-refractivity contribution >= 4 is 21.5 Å². The number of nitrogens with zero attached hydrogens (tertiary/aromatic N) is 4. The summed E-state index contributed by atoms with van der Waals surface area (Å²) in [5.41, 5.74) is -3.50. The zero-order valence-corrected chi connectivity index (χ0v) is 22.2. The van der Waals surface area contributed by atoms with Crippen LogP contribution < -0.4 is 4.74 Å². The Hall–Kier alpha value is -5.04. The van der Waals surface area contributed by atoms with Gasteiger partial charge in [-0.3, -0.25) is 0 Å². The molecular formula is C31H19F7N4O2. The lowest BCUT2D eigenvalue weighted by atomic mass is 9.82. The monoisotopic (exact) mass is 612 g/mol. The third-order valence-electron chi connectivity index (χ3n) is 7.26. The van der Waals surface area contributed by atoms with E-state index in [2.05, 4.69) is 20.3 Å². The van der Waals surface area contributed by atoms with Gasteiger partial charge in [0.05, 0.1) is 6.54 Å². The van der Waals surface area contributed by atoms with Gasteiger partial charge in [-0.25, -0.2) is 13.5 Å². The molecule has 1 atom stereocenters. The zero-order chi connectivity index (χ0) is 31.3. The van der Waals surface area contributed by atoms with Gasteiger partial charge in [0.1, 0.15) is 23.7 Å². The van der Waals surface area contributed by atoms with Crippen molar-refractivity contribution < 1.29 is 40.6 Å². The fraction of sp³-hybridized carbons (Fsp3) is 0.129. The molecule has 0 spiro atoms. The molecule has 13 heteroatoms. The van der Waals surface area contributed by atoms with Crippen LogP contribution >= 0.6 is 0 Å². The maximum Gasteiger partial charge on any atom is 0.573 e. The SMILES string of the molecule is OC(Cn1cnnn1)(c1ccc(F)cc1F)C(F)(F)c1ccc2cc3ccc(-c4ccc(OC(F)(F)F)cc4)cc3cc2c1. The quantitative estimate of drug-likeness (QED) is 0.149. The lowest BCUT2D eigenvalue weighted by molar-refractivity contribution is -0.274. The molecule has 6 nitrogen and oxygen atoms in total. The molecule has 1 aromatic heterocycles. The Morgan fingerprint density at radius 1 is 0.705 bits per heavy atom. The normalized spacial score (nSPS) is 13.7. The van der Waals surface area contributed by atoms with Gasteiger partial charge in [-0.2, -0.15) is 8.78 Å². The first-order valence-corrected chi connectivity index (χ1v) is 12.9. The summed E-state index contributed by atoms with van der Waals surface area (Å²) < 4.78 is 104. The van der Waals surface area contributed by atoms with Crippen LogP contribution in [-0.4, -0.2) is 31.7 Å². The Morgan fingerprint density at radius 3 is 2.02 bits per heavy atom. The van der Waals surface area contributed by atoms with Gasteiger partial charge in [-0.05, 0) is 91.6 Å². The lowest BCUT2D eigenvalue weighted by Crippen LogP contribution is -2.47. The predicted octanol–water partition coefficient (Wildman–Crippen LogP) is 7.50. The van der Waals surface area contributed by atoms with Gasteiger partial charge in [0, 0.05) is 17.2 Å². The largest absolute Gasteiger partial charge is 0.573 e. The molecule has 1 N–H and O–H groups in total. The molecule has 0 amide bonds. The first-order valence-electron chi connectivity index (χ1n) is 12.9. The van der Waals surface area contributed by atoms with Crippen LogP contribution in [0.15, 0.2) is 97.3 Å². The van der Waals surface area contributed by atoms with Crippen LogP contribution in [0.2, 0.25) is 0 Å². The molecule has 0 saturated carbocycles. The molecular weight excluding hydrogens is 593 g/mol. The minimum absolute atomic E-state index is 0.366. The van der Waals surface area contributed by atoms with Crippen LogP contribution in [0.3, 0.4) is 0 Å². The number of hydrogen-bond donors (Lipinski definition) is 1. The Balaban J connectivity index is 1.41. The number of hydrogen-bond acceptors (Lipinski definition) is 5. The van der Waals surface area contributed by atoms with Crippen molar-refractivity contribution in [1.29, 1.82) is 0 Å². The summed E-state index contributed by atoms with van der Waals surface area (Å²) in [5, 5.41) is 24.1. The number of ether oxygens (including phenoxy) is 1. The molecule has 1 heterocycles. The Kier molecular flexibility index (Phi) is 7.00. The van der Waals surface area contributed by atoms with E-state index in [0.717, 1.165) is 40.7 Å². The maximum absolute atomic E-state index is 16.4. The summed E-state index contributed by atoms with van der Waals surface area (Å²) in [6.07, 6.45) is -3.85. The zero-order valence-electron chi connectivity index (χ0n) is 22.2. The Bertz CT molecular complexity index is 1980. The second kappa shape index (κ2) is 10.6. The molecule has 1 unspecified atom stereocenters. The average molecular weight is 613 g/mol. The molecule has 6 aromatic rings. The van der Waals surface area contributed by atoms with Gasteiger partial charge in [0.2, 0.25) is 0 Å². The highest BCUT2D eigenvalue weighted by Gasteiger charge is 2.57. The second-order valence-corrected chi connectivity index (χ2v) is 10.1. The highest BCUT2D eigenvalue weighted by molar-refractivity contribution is 6.00. The molecule has 0 aliphatic heterocycles. The molecule has 0 bridgehead atoms. The molecule has 5 aromatic carbocycles. The maximum atomic E-state index is 16.4. The molecule has 0 saturated heterocycles. The van der Waals surface area contributed by atoms with E-state index in [4.69, 9.17) is 0 Å². The highest BCUT2D eigenvalue weighted by Crippen LogP contribution is 2.48. The van der Waals surface area contributed by atoms with E-state index in [1.54, 1.807) is 30.3 Å². The van der Waals surface area contributed by atoms with E-state index in [1.807, 2.05) is 0 Å². The molecule has 0 aliphatic rings. The van der Waals surface area contributed by atoms with Gasteiger partial charge in [0.25, 0.3) is 0 Å². The van der Waals surface area contributed by atoms with E-state index in [1.165, 1.54) is 30.3 Å². The van der Waals surface area contributed by atoms with Crippen LogP contribution in [0.1, 0.15) is 11.1 Å². The van der Waals surface area contributed by atoms with E-state index in [-0.39, 0.29) is 5.75 Å². The van der Waals surface area contributed by atoms with Crippen molar-refractivity contribution in [3.63, 3.8) is 0 Å². The number of aliphatic hydroxyl groups is 1. The van der Waals surface area contributed by atoms with Crippen molar-refractivity contribution in [1.82, 2.24) is 20.2 Å². The number of rotatable bonds is 7. The standard InChI is InChI=1S/C31H19F7N4O2/c32-25-7-10-27(28(33)15-25)29(43,16-42-17-39-40-41-42)30(34,35)24-6-3-21-11-20-2-1-19(12-22(20)13-23(21)14-24)18-4-8-26(9-5-18)44-31(36,37)38/h1-15,17,43H,16H2. The summed E-state index contributed by atoms with van der Waals surface area (Å²) in [6, 6.07) is 19.6. The second-order valence-electron chi connectivity index (χ2n) is 10.1. The Labute approximate surface area is 243 Å². The van der Waals surface area contributed by atoms with Crippen molar-refractivity contribution in [2.45, 2.75) is 24.4 Å². The molecule has 0 aliphatic carbocycles. The highest BCUT2D eigenvalue weighted by atomic mass is 19.4. The summed E-state index contributed by atoms with van der Waals surface area (Å²) >= 11 is 0. The van der Waals surface area contributed by atoms with Crippen molar-refractivity contribution in [2.24, 2.45) is 0 Å². The van der Waals surface area contributed by atoms with Crippen LogP contribution in [0.4, 0.5) is 30.7 Å². The predicted molar refractivity (Wildman–Crippen MR) is 146 cm³/mol. The smallest absolute Gasteiger partial charge is 0.406 e. The number of alkyl halides is 5. The van der Waals surface area contributed by atoms with Crippen LogP contribution in [0.25, 0.3) is 32.7 Å². The summed E-state index contributed by atoms with van der Waals surface area (Å²) in [5.74, 6) is -6.90. The number of halogens is 7. The van der Waals surface area contributed by atoms with Crippen molar-refractivity contribution in [3.05, 3.63) is 120 Å². The van der Waals surface area contributed by atoms with E-state index >= 15 is 8.78 Å². The summed E-state index contributed by atoms with van der Waals surface area (Å²) in [4.78, 5) is 0.